The van der Waals surface area contributed by atoms with Crippen LogP contribution in [0.4, 0.5) is 0 Å². The summed E-state index contributed by atoms with van der Waals surface area (Å²) in [5.41, 5.74) is 3.32. The Morgan fingerprint density at radius 2 is 0.786 bits per heavy atom. The van der Waals surface area contributed by atoms with E-state index in [1.807, 2.05) is 0 Å². The molecule has 8 atom stereocenters. The van der Waals surface area contributed by atoms with Gasteiger partial charge in [0.1, 0.15) is 0 Å². The Bertz CT molecular complexity index is 2390. The minimum atomic E-state index is -0.904. The summed E-state index contributed by atoms with van der Waals surface area (Å²) in [6.07, 6.45) is -3.91. The van der Waals surface area contributed by atoms with Crippen molar-refractivity contribution in [1.29, 1.82) is 0 Å². The van der Waals surface area contributed by atoms with Crippen molar-refractivity contribution in [1.82, 2.24) is 31.9 Å². The molecule has 6 aliphatic rings. The molecule has 299 valence electrons. The van der Waals surface area contributed by atoms with Crippen LogP contribution >= 0.6 is 174 Å². The molecular weight excluding hydrogens is 1090 g/mol. The van der Waals surface area contributed by atoms with E-state index in [0.29, 0.717) is 44.8 Å². The molecule has 1 fully saturated rings. The number of nitrogens with one attached hydrogen (secondary N) is 6. The largest absolute Gasteiger partial charge is 2.00 e. The van der Waals surface area contributed by atoms with E-state index in [1.54, 1.807) is 6.08 Å². The zero-order valence-corrected chi connectivity index (χ0v) is 38.8. The molecule has 3 aromatic carbocycles. The Balaban J connectivity index is 0.00000441. The molecule has 5 aliphatic heterocycles. The van der Waals surface area contributed by atoms with Gasteiger partial charge < -0.3 is 26.6 Å². The Labute approximate surface area is 404 Å². The summed E-state index contributed by atoms with van der Waals surface area (Å²) in [6, 6.07) is 0. The van der Waals surface area contributed by atoms with Crippen molar-refractivity contribution in [3.8, 4) is 0 Å². The molecule has 0 saturated carbocycles. The molecule has 1 saturated heterocycles. The van der Waals surface area contributed by atoms with Gasteiger partial charge in [-0.25, -0.2) is 0 Å². The van der Waals surface area contributed by atoms with Crippen LogP contribution < -0.4 is 31.9 Å². The Hall–Kier alpha value is 1.11. The van der Waals surface area contributed by atoms with Crippen molar-refractivity contribution in [2.45, 2.75) is 43.2 Å². The average molecular weight is 1110 g/mol. The number of rotatable bonds is 0. The van der Waals surface area contributed by atoms with Gasteiger partial charge in [0.25, 0.3) is 0 Å². The average Bonchev–Trinajstić information content (AvgIpc) is 3.89. The zero-order valence-electron chi connectivity index (χ0n) is 26.6. The van der Waals surface area contributed by atoms with Crippen LogP contribution in [-0.2, 0) is 17.1 Å². The van der Waals surface area contributed by atoms with Crippen molar-refractivity contribution in [2.24, 2.45) is 5.92 Å². The van der Waals surface area contributed by atoms with E-state index in [0.717, 1.165) is 0 Å². The van der Waals surface area contributed by atoms with E-state index in [-0.39, 0.29) is 92.4 Å². The van der Waals surface area contributed by atoms with Gasteiger partial charge in [0, 0.05) is 34.9 Å². The summed E-state index contributed by atoms with van der Waals surface area (Å²) in [7, 11) is 0. The first kappa shape index (κ1) is 43.7. The van der Waals surface area contributed by atoms with Crippen LogP contribution in [0.1, 0.15) is 70.4 Å². The van der Waals surface area contributed by atoms with Gasteiger partial charge >= 0.3 is 17.1 Å². The van der Waals surface area contributed by atoms with Crippen molar-refractivity contribution < 1.29 is 17.1 Å². The fourth-order valence-electron chi connectivity index (χ4n) is 7.75. The van der Waals surface area contributed by atoms with Crippen LogP contribution in [0.2, 0.25) is 60.3 Å². The van der Waals surface area contributed by atoms with E-state index in [9.17, 15) is 0 Å². The molecule has 0 aromatic heterocycles. The zero-order chi connectivity index (χ0) is 39.3. The van der Waals surface area contributed by atoms with Crippen molar-refractivity contribution in [2.75, 3.05) is 0 Å². The molecule has 8 bridgehead atoms. The topological polar surface area (TPSA) is 100 Å². The molecule has 1 aliphatic carbocycles. The Kier molecular flexibility index (Phi) is 12.5. The molecule has 0 spiro atoms. The maximum absolute atomic E-state index is 6.95. The van der Waals surface area contributed by atoms with E-state index >= 15 is 0 Å². The van der Waals surface area contributed by atoms with Gasteiger partial charge in [-0.05, 0) is 22.3 Å². The van der Waals surface area contributed by atoms with Gasteiger partial charge in [-0.1, -0.05) is 198 Å². The van der Waals surface area contributed by atoms with E-state index in [2.05, 4.69) is 31.9 Å². The third-order valence-corrected chi connectivity index (χ3v) is 16.9. The normalized spacial score (nSPS) is 28.7. The van der Waals surface area contributed by atoms with Crippen LogP contribution in [0.25, 0.3) is 10.6 Å². The Morgan fingerprint density at radius 1 is 0.411 bits per heavy atom. The van der Waals surface area contributed by atoms with Gasteiger partial charge in [0.2, 0.25) is 0 Å². The fourth-order valence-corrected chi connectivity index (χ4v) is 11.8. The number of hydrogen-bond acceptors (Lipinski definition) is 6. The number of fused-ring (bicyclic) bond motifs is 19. The molecule has 3 aromatic rings. The second kappa shape index (κ2) is 16.0. The van der Waals surface area contributed by atoms with E-state index < -0.39 is 49.1 Å². The smallest absolute Gasteiger partial charge is 0.624 e. The third-order valence-electron chi connectivity index (χ3n) is 10.1. The molecule has 6 N–H and O–H groups in total. The summed E-state index contributed by atoms with van der Waals surface area (Å²) in [5, 5.41) is 32.8. The van der Waals surface area contributed by atoms with Gasteiger partial charge in [-0.15, -0.1) is 0 Å². The number of allylic oxidation sites excluding steroid dienone is 3. The number of benzene rings is 3. The minimum absolute atomic E-state index is 0. The van der Waals surface area contributed by atoms with Crippen LogP contribution in [0.15, 0.2) is 32.6 Å². The van der Waals surface area contributed by atoms with Gasteiger partial charge in [-0.2, -0.15) is 0 Å². The summed E-state index contributed by atoms with van der Waals surface area (Å²) >= 11 is 102. The minimum Gasteiger partial charge on any atom is -0.624 e. The second-order valence-electron chi connectivity index (χ2n) is 12.9. The Morgan fingerprint density at radius 3 is 1.27 bits per heavy atom. The molecular formula is C32H15Cl15CuN8. The van der Waals surface area contributed by atoms with Gasteiger partial charge in [0.15, 0.2) is 0 Å². The number of nitrogens with zero attached hydrogens (tertiary/aromatic N) is 2. The SMILES string of the molecule is ClC1=CC2C(=C3[N-]C4NC(NC5[N-]C(NC6NC(NC2N3)c2c(Cl)c(Cl)c(Cl)c(Cl)c26)c2c(Cl)c(Cl)c(Cl)c(Cl)c25)c2c(Cl)c(Cl)c(Cl)c(Cl)c24)C(Cl)=C1Cl.[Cu+2]. The quantitative estimate of drug-likeness (QED) is 0.0762. The molecule has 9 rings (SSSR count). The fraction of sp³-hybridized carbons (Fsp3) is 0.250. The predicted octanol–water partition coefficient (Wildman–Crippen LogP) is 14.2. The van der Waals surface area contributed by atoms with Crippen LogP contribution in [0.3, 0.4) is 0 Å². The molecule has 5 heterocycles. The number of hydrogen-bond donors (Lipinski definition) is 6. The van der Waals surface area contributed by atoms with Gasteiger partial charge in [-0.3, -0.25) is 16.0 Å². The van der Waals surface area contributed by atoms with Crippen molar-refractivity contribution in [3.05, 3.63) is 137 Å². The van der Waals surface area contributed by atoms with Crippen molar-refractivity contribution >= 4 is 174 Å². The van der Waals surface area contributed by atoms with Gasteiger partial charge in [0.05, 0.1) is 93.9 Å². The maximum Gasteiger partial charge on any atom is 2.00 e. The van der Waals surface area contributed by atoms with Crippen LogP contribution in [0, 0.1) is 5.92 Å². The first-order valence-electron chi connectivity index (χ1n) is 15.7. The van der Waals surface area contributed by atoms with Crippen LogP contribution in [-0.4, -0.2) is 6.17 Å². The van der Waals surface area contributed by atoms with E-state index in [4.69, 9.17) is 185 Å². The van der Waals surface area contributed by atoms with E-state index in [1.165, 1.54) is 0 Å². The number of halogens is 15. The molecule has 56 heavy (non-hydrogen) atoms. The first-order valence-corrected chi connectivity index (χ1v) is 21.4. The first-order chi connectivity index (χ1) is 26.0. The third kappa shape index (κ3) is 6.54. The molecule has 8 nitrogen and oxygen atoms in total. The van der Waals surface area contributed by atoms with Crippen LogP contribution in [0.5, 0.6) is 0 Å². The molecule has 8 unspecified atom stereocenters. The summed E-state index contributed by atoms with van der Waals surface area (Å²) in [5.74, 6) is -0.168. The molecule has 0 amide bonds. The standard InChI is InChI=1S/C32H15Cl15N8.Cu/c33-3-1-2-4(12(35)11(3)34)26-48-25(2)49-27-5-6(14(37)20(43)19(42)13(5)36)29(51-27)53-31-9-10(18(41)24(47)23(46)17(9)40)32(55-31)54-30-8-7(28(50-26)52-30)15(38)21(44)22(45)16(8)39;/h1-2,25,27-32,48-49,51-54H;/q-2;+2. The monoisotopic (exact) mass is 1100 g/mol. The second-order valence-corrected chi connectivity index (χ2v) is 18.6. The summed E-state index contributed by atoms with van der Waals surface area (Å²) in [4.78, 5) is 0. The summed E-state index contributed by atoms with van der Waals surface area (Å²) < 4.78 is 0. The van der Waals surface area contributed by atoms with Crippen molar-refractivity contribution in [3.63, 3.8) is 0 Å². The maximum atomic E-state index is 6.95. The summed E-state index contributed by atoms with van der Waals surface area (Å²) in [6.45, 7) is 0. The predicted molar refractivity (Wildman–Crippen MR) is 228 cm³/mol. The molecule has 24 heteroatoms. The molecule has 1 radical (unpaired) electrons.